The first-order valence-corrected chi connectivity index (χ1v) is 7.21. The van der Waals surface area contributed by atoms with E-state index in [0.29, 0.717) is 0 Å². The first-order valence-electron chi connectivity index (χ1n) is 7.21. The predicted molar refractivity (Wildman–Crippen MR) is 85.3 cm³/mol. The van der Waals surface area contributed by atoms with Gasteiger partial charge in [0.2, 0.25) is 0 Å². The van der Waals surface area contributed by atoms with Crippen LogP contribution in [0.1, 0.15) is 24.1 Å². The Morgan fingerprint density at radius 2 is 1.76 bits per heavy atom. The molecule has 3 nitrogen and oxygen atoms in total. The van der Waals surface area contributed by atoms with Crippen LogP contribution in [0.3, 0.4) is 0 Å². The summed E-state index contributed by atoms with van der Waals surface area (Å²) in [6.07, 6.45) is 3.78. The van der Waals surface area contributed by atoms with Crippen LogP contribution in [0, 0.1) is 0 Å². The maximum absolute atomic E-state index is 4.34. The van der Waals surface area contributed by atoms with Crippen molar-refractivity contribution in [3.05, 3.63) is 84.2 Å². The molecule has 3 aromatic rings. The quantitative estimate of drug-likeness (QED) is 0.770. The molecule has 0 radical (unpaired) electrons. The van der Waals surface area contributed by atoms with E-state index in [1.165, 1.54) is 11.1 Å². The molecule has 3 rings (SSSR count). The zero-order valence-electron chi connectivity index (χ0n) is 12.1. The summed E-state index contributed by atoms with van der Waals surface area (Å²) < 4.78 is 1.91. The van der Waals surface area contributed by atoms with Gasteiger partial charge in [-0.3, -0.25) is 0 Å². The Bertz CT molecular complexity index is 675. The van der Waals surface area contributed by atoms with Crippen molar-refractivity contribution in [1.29, 1.82) is 0 Å². The lowest BCUT2D eigenvalue weighted by molar-refractivity contribution is 0.570. The molecular formula is C18H19N3. The molecule has 0 unspecified atom stereocenters. The topological polar surface area (TPSA) is 29.9 Å². The third kappa shape index (κ3) is 3.20. The number of hydrogen-bond acceptors (Lipinski definition) is 2. The summed E-state index contributed by atoms with van der Waals surface area (Å²) in [5, 5.41) is 7.91. The lowest BCUT2D eigenvalue weighted by Crippen LogP contribution is -2.19. The predicted octanol–water partition coefficient (Wildman–Crippen LogP) is 3.72. The van der Waals surface area contributed by atoms with Crippen molar-refractivity contribution in [3.63, 3.8) is 0 Å². The Morgan fingerprint density at radius 3 is 2.52 bits per heavy atom. The van der Waals surface area contributed by atoms with Crippen LogP contribution < -0.4 is 5.32 Å². The third-order valence-corrected chi connectivity index (χ3v) is 3.61. The van der Waals surface area contributed by atoms with Crippen molar-refractivity contribution in [1.82, 2.24) is 15.1 Å². The summed E-state index contributed by atoms with van der Waals surface area (Å²) in [5.41, 5.74) is 3.66. The fraction of sp³-hybridized carbons (Fsp3) is 0.167. The molecule has 21 heavy (non-hydrogen) atoms. The molecule has 1 N–H and O–H groups in total. The summed E-state index contributed by atoms with van der Waals surface area (Å²) in [6.45, 7) is 3.04. The van der Waals surface area contributed by atoms with Crippen LogP contribution in [-0.2, 0) is 6.54 Å². The number of para-hydroxylation sites is 1. The Kier molecular flexibility index (Phi) is 4.12. The van der Waals surface area contributed by atoms with Gasteiger partial charge in [-0.15, -0.1) is 0 Å². The molecule has 3 heteroatoms. The van der Waals surface area contributed by atoms with Gasteiger partial charge in [0.1, 0.15) is 0 Å². The van der Waals surface area contributed by atoms with E-state index in [9.17, 15) is 0 Å². The molecule has 0 fully saturated rings. The van der Waals surface area contributed by atoms with E-state index in [2.05, 4.69) is 59.8 Å². The highest BCUT2D eigenvalue weighted by atomic mass is 15.3. The molecule has 1 aromatic heterocycles. The van der Waals surface area contributed by atoms with Crippen molar-refractivity contribution in [2.24, 2.45) is 0 Å². The molecular weight excluding hydrogens is 258 g/mol. The molecule has 106 valence electrons. The van der Waals surface area contributed by atoms with E-state index < -0.39 is 0 Å². The zero-order valence-corrected chi connectivity index (χ0v) is 12.1. The van der Waals surface area contributed by atoms with E-state index in [4.69, 9.17) is 0 Å². The molecule has 0 aliphatic heterocycles. The first kappa shape index (κ1) is 13.6. The fourth-order valence-electron chi connectivity index (χ4n) is 2.45. The van der Waals surface area contributed by atoms with E-state index in [0.717, 1.165) is 12.2 Å². The van der Waals surface area contributed by atoms with Gasteiger partial charge in [-0.1, -0.05) is 48.5 Å². The van der Waals surface area contributed by atoms with Gasteiger partial charge in [-0.25, -0.2) is 4.68 Å². The SMILES string of the molecule is C[C@@H](NCc1ccccc1)c1ccccc1-n1cccn1. The number of rotatable bonds is 5. The van der Waals surface area contributed by atoms with Gasteiger partial charge in [0, 0.05) is 25.0 Å². The minimum atomic E-state index is 0.255. The monoisotopic (exact) mass is 277 g/mol. The normalized spacial score (nSPS) is 12.2. The minimum absolute atomic E-state index is 0.255. The lowest BCUT2D eigenvalue weighted by Gasteiger charge is -2.18. The van der Waals surface area contributed by atoms with Crippen LogP contribution in [-0.4, -0.2) is 9.78 Å². The van der Waals surface area contributed by atoms with Crippen molar-refractivity contribution in [2.45, 2.75) is 19.5 Å². The summed E-state index contributed by atoms with van der Waals surface area (Å²) in [7, 11) is 0. The summed E-state index contributed by atoms with van der Waals surface area (Å²) >= 11 is 0. The summed E-state index contributed by atoms with van der Waals surface area (Å²) in [5.74, 6) is 0. The molecule has 0 amide bonds. The van der Waals surface area contributed by atoms with Gasteiger partial charge >= 0.3 is 0 Å². The average Bonchev–Trinajstić information content (AvgIpc) is 3.08. The maximum atomic E-state index is 4.34. The van der Waals surface area contributed by atoms with Crippen LogP contribution >= 0.6 is 0 Å². The standard InChI is InChI=1S/C18H19N3/c1-15(19-14-16-8-3-2-4-9-16)17-10-5-6-11-18(17)21-13-7-12-20-21/h2-13,15,19H,14H2,1H3/t15-/m1/s1. The Hall–Kier alpha value is -2.39. The largest absolute Gasteiger partial charge is 0.306 e. The van der Waals surface area contributed by atoms with Crippen molar-refractivity contribution < 1.29 is 0 Å². The van der Waals surface area contributed by atoms with E-state index >= 15 is 0 Å². The molecule has 0 saturated heterocycles. The third-order valence-electron chi connectivity index (χ3n) is 3.61. The molecule has 1 heterocycles. The van der Waals surface area contributed by atoms with Gasteiger partial charge in [-0.2, -0.15) is 5.10 Å². The van der Waals surface area contributed by atoms with Crippen molar-refractivity contribution in [3.8, 4) is 5.69 Å². The van der Waals surface area contributed by atoms with Crippen LogP contribution in [0.5, 0.6) is 0 Å². The van der Waals surface area contributed by atoms with Gasteiger partial charge in [0.15, 0.2) is 0 Å². The smallest absolute Gasteiger partial charge is 0.0693 e. The van der Waals surface area contributed by atoms with Gasteiger partial charge in [0.05, 0.1) is 5.69 Å². The highest BCUT2D eigenvalue weighted by Gasteiger charge is 2.11. The second-order valence-electron chi connectivity index (χ2n) is 5.10. The van der Waals surface area contributed by atoms with Gasteiger partial charge in [-0.05, 0) is 30.2 Å². The highest BCUT2D eigenvalue weighted by Crippen LogP contribution is 2.21. The maximum Gasteiger partial charge on any atom is 0.0693 e. The average molecular weight is 277 g/mol. The van der Waals surface area contributed by atoms with E-state index in [-0.39, 0.29) is 6.04 Å². The number of hydrogen-bond donors (Lipinski definition) is 1. The minimum Gasteiger partial charge on any atom is -0.306 e. The molecule has 2 aromatic carbocycles. The number of benzene rings is 2. The zero-order chi connectivity index (χ0) is 14.5. The first-order chi connectivity index (χ1) is 10.3. The fourth-order valence-corrected chi connectivity index (χ4v) is 2.45. The summed E-state index contributed by atoms with van der Waals surface area (Å²) in [4.78, 5) is 0. The molecule has 0 aliphatic rings. The number of aromatic nitrogens is 2. The van der Waals surface area contributed by atoms with Crippen molar-refractivity contribution in [2.75, 3.05) is 0 Å². The van der Waals surface area contributed by atoms with E-state index in [1.54, 1.807) is 6.20 Å². The van der Waals surface area contributed by atoms with E-state index in [1.807, 2.05) is 29.1 Å². The highest BCUT2D eigenvalue weighted by molar-refractivity contribution is 5.42. The molecule has 0 saturated carbocycles. The van der Waals surface area contributed by atoms with Gasteiger partial charge in [0.25, 0.3) is 0 Å². The van der Waals surface area contributed by atoms with Crippen LogP contribution in [0.2, 0.25) is 0 Å². The number of nitrogens with zero attached hydrogens (tertiary/aromatic N) is 2. The Balaban J connectivity index is 1.77. The van der Waals surface area contributed by atoms with Crippen molar-refractivity contribution >= 4 is 0 Å². The van der Waals surface area contributed by atoms with Gasteiger partial charge < -0.3 is 5.32 Å². The van der Waals surface area contributed by atoms with Crippen LogP contribution in [0.25, 0.3) is 5.69 Å². The second kappa shape index (κ2) is 6.37. The molecule has 0 spiro atoms. The Labute approximate surface area is 125 Å². The van der Waals surface area contributed by atoms with Crippen LogP contribution in [0.15, 0.2) is 73.1 Å². The molecule has 1 atom stereocenters. The molecule has 0 bridgehead atoms. The second-order valence-corrected chi connectivity index (χ2v) is 5.10. The molecule has 0 aliphatic carbocycles. The summed E-state index contributed by atoms with van der Waals surface area (Å²) in [6, 6.07) is 21.0. The number of nitrogens with one attached hydrogen (secondary N) is 1. The lowest BCUT2D eigenvalue weighted by atomic mass is 10.1. The van der Waals surface area contributed by atoms with Crippen LogP contribution in [0.4, 0.5) is 0 Å². The Morgan fingerprint density at radius 1 is 1.00 bits per heavy atom.